The van der Waals surface area contributed by atoms with E-state index in [-0.39, 0.29) is 10.9 Å². The van der Waals surface area contributed by atoms with E-state index in [9.17, 15) is 21.6 Å². The van der Waals surface area contributed by atoms with Gasteiger partial charge in [-0.25, -0.2) is 13.4 Å². The Kier molecular flexibility index (Phi) is 7.19. The standard InChI is InChI=1S/C27H28F3N3O4S/c1-36-26(16-37-17-26)24-14-19(12-13-31-24)18-2-7-22(8-3-18)38(34,35)23-9-5-21(6-10-23)33-25-11-4-20(15-32-25)27(28,29)30/h2-4,7-8,11-15,21,23H,5-6,9-10,16-17H2,1H3,(H,32,33)/t21-,23-. The lowest BCUT2D eigenvalue weighted by atomic mass is 9.94. The van der Waals surface area contributed by atoms with E-state index in [1.807, 2.05) is 12.1 Å². The van der Waals surface area contributed by atoms with Gasteiger partial charge in [-0.05, 0) is 73.2 Å². The largest absolute Gasteiger partial charge is 0.417 e. The summed E-state index contributed by atoms with van der Waals surface area (Å²) >= 11 is 0. The molecule has 2 fully saturated rings. The van der Waals surface area contributed by atoms with Crippen molar-refractivity contribution in [3.8, 4) is 11.1 Å². The van der Waals surface area contributed by atoms with Crippen molar-refractivity contribution in [1.82, 2.24) is 9.97 Å². The average Bonchev–Trinajstić information content (AvgIpc) is 2.89. The minimum Gasteiger partial charge on any atom is -0.374 e. The molecule has 0 unspecified atom stereocenters. The number of sulfone groups is 1. The number of nitrogens with one attached hydrogen (secondary N) is 1. The summed E-state index contributed by atoms with van der Waals surface area (Å²) in [5.41, 5.74) is 1.20. The first-order valence-corrected chi connectivity index (χ1v) is 13.9. The third kappa shape index (κ3) is 5.27. The molecule has 0 spiro atoms. The maximum absolute atomic E-state index is 13.3. The molecular weight excluding hydrogens is 519 g/mol. The molecule has 7 nitrogen and oxygen atoms in total. The molecular formula is C27H28F3N3O4S. The first-order chi connectivity index (χ1) is 18.1. The van der Waals surface area contributed by atoms with E-state index in [2.05, 4.69) is 15.3 Å². The number of rotatable bonds is 7. The minimum absolute atomic E-state index is 0.0505. The van der Waals surface area contributed by atoms with E-state index in [0.717, 1.165) is 29.1 Å². The third-order valence-electron chi connectivity index (χ3n) is 7.36. The quantitative estimate of drug-likeness (QED) is 0.433. The van der Waals surface area contributed by atoms with Gasteiger partial charge in [-0.15, -0.1) is 0 Å². The first kappa shape index (κ1) is 26.6. The molecule has 0 atom stereocenters. The fourth-order valence-corrected chi connectivity index (χ4v) is 6.71. The summed E-state index contributed by atoms with van der Waals surface area (Å²) in [4.78, 5) is 8.57. The van der Waals surface area contributed by atoms with E-state index < -0.39 is 32.4 Å². The molecule has 2 aliphatic rings. The number of benzene rings is 1. The SMILES string of the molecule is COC1(c2cc(-c3ccc(S(=O)(=O)[C@H]4CC[C@H](Nc5ccc(C(F)(F)F)cn5)CC4)cc3)ccn2)COC1. The van der Waals surface area contributed by atoms with Crippen LogP contribution in [-0.2, 0) is 31.1 Å². The number of aromatic nitrogens is 2. The highest BCUT2D eigenvalue weighted by molar-refractivity contribution is 7.92. The van der Waals surface area contributed by atoms with Crippen LogP contribution in [0.2, 0.25) is 0 Å². The summed E-state index contributed by atoms with van der Waals surface area (Å²) in [6, 6.07) is 12.9. The number of hydrogen-bond donors (Lipinski definition) is 1. The fourth-order valence-electron chi connectivity index (χ4n) is 4.92. The minimum atomic E-state index is -4.43. The normalized spacial score (nSPS) is 21.5. The Morgan fingerprint density at radius 2 is 1.68 bits per heavy atom. The van der Waals surface area contributed by atoms with E-state index in [1.165, 1.54) is 6.07 Å². The van der Waals surface area contributed by atoms with Crippen LogP contribution in [0.4, 0.5) is 19.0 Å². The zero-order valence-corrected chi connectivity index (χ0v) is 21.6. The number of pyridine rings is 2. The lowest BCUT2D eigenvalue weighted by molar-refractivity contribution is -0.204. The van der Waals surface area contributed by atoms with Gasteiger partial charge in [0.1, 0.15) is 5.82 Å². The lowest BCUT2D eigenvalue weighted by Crippen LogP contribution is -2.48. The van der Waals surface area contributed by atoms with Crippen LogP contribution < -0.4 is 5.32 Å². The monoisotopic (exact) mass is 547 g/mol. The predicted molar refractivity (Wildman–Crippen MR) is 135 cm³/mol. The van der Waals surface area contributed by atoms with Crippen LogP contribution in [0.1, 0.15) is 36.9 Å². The highest BCUT2D eigenvalue weighted by Crippen LogP contribution is 2.35. The summed E-state index contributed by atoms with van der Waals surface area (Å²) in [5.74, 6) is 0.348. The highest BCUT2D eigenvalue weighted by Gasteiger charge is 2.42. The molecule has 3 heterocycles. The van der Waals surface area contributed by atoms with E-state index in [0.29, 0.717) is 44.7 Å². The number of halogens is 3. The van der Waals surface area contributed by atoms with Gasteiger partial charge in [0.2, 0.25) is 0 Å². The first-order valence-electron chi connectivity index (χ1n) is 12.3. The van der Waals surface area contributed by atoms with Gasteiger partial charge >= 0.3 is 6.18 Å². The van der Waals surface area contributed by atoms with Crippen molar-refractivity contribution < 1.29 is 31.1 Å². The summed E-state index contributed by atoms with van der Waals surface area (Å²) in [5, 5.41) is 2.62. The molecule has 0 amide bonds. The van der Waals surface area contributed by atoms with Crippen molar-refractivity contribution >= 4 is 15.7 Å². The number of methoxy groups -OCH3 is 1. The molecule has 1 saturated carbocycles. The Morgan fingerprint density at radius 1 is 0.974 bits per heavy atom. The molecule has 0 bridgehead atoms. The smallest absolute Gasteiger partial charge is 0.374 e. The van der Waals surface area contributed by atoms with Crippen molar-refractivity contribution in [2.75, 3.05) is 25.6 Å². The molecule has 3 aromatic rings. The van der Waals surface area contributed by atoms with E-state index in [1.54, 1.807) is 37.6 Å². The van der Waals surface area contributed by atoms with Gasteiger partial charge < -0.3 is 14.8 Å². The van der Waals surface area contributed by atoms with Crippen molar-refractivity contribution in [3.05, 3.63) is 72.2 Å². The average molecular weight is 548 g/mol. The molecule has 1 aromatic carbocycles. The van der Waals surface area contributed by atoms with Gasteiger partial charge in [0, 0.05) is 25.5 Å². The molecule has 38 heavy (non-hydrogen) atoms. The van der Waals surface area contributed by atoms with Crippen molar-refractivity contribution in [1.29, 1.82) is 0 Å². The number of nitrogens with zero attached hydrogens (tertiary/aromatic N) is 2. The van der Waals surface area contributed by atoms with Crippen LogP contribution in [0, 0.1) is 0 Å². The van der Waals surface area contributed by atoms with Crippen LogP contribution >= 0.6 is 0 Å². The molecule has 11 heteroatoms. The second kappa shape index (κ2) is 10.3. The Morgan fingerprint density at radius 3 is 2.24 bits per heavy atom. The fraction of sp³-hybridized carbons (Fsp3) is 0.407. The second-order valence-electron chi connectivity index (χ2n) is 9.74. The molecule has 1 aliphatic carbocycles. The number of hydrogen-bond acceptors (Lipinski definition) is 7. The van der Waals surface area contributed by atoms with Gasteiger partial charge in [-0.2, -0.15) is 13.2 Å². The Balaban J connectivity index is 1.22. The second-order valence-corrected chi connectivity index (χ2v) is 12.0. The van der Waals surface area contributed by atoms with E-state index in [4.69, 9.17) is 9.47 Å². The van der Waals surface area contributed by atoms with Gasteiger partial charge in [-0.1, -0.05) is 12.1 Å². The Hall–Kier alpha value is -3.02. The van der Waals surface area contributed by atoms with Gasteiger partial charge in [-0.3, -0.25) is 4.98 Å². The molecule has 202 valence electrons. The highest BCUT2D eigenvalue weighted by atomic mass is 32.2. The van der Waals surface area contributed by atoms with Gasteiger partial charge in [0.05, 0.1) is 34.6 Å². The number of anilines is 1. The van der Waals surface area contributed by atoms with Crippen LogP contribution in [-0.4, -0.2) is 50.0 Å². The van der Waals surface area contributed by atoms with Crippen LogP contribution in [0.25, 0.3) is 11.1 Å². The summed E-state index contributed by atoms with van der Waals surface area (Å²) in [7, 11) is -1.90. The topological polar surface area (TPSA) is 90.4 Å². The number of alkyl halides is 3. The number of ether oxygens (including phenoxy) is 2. The maximum atomic E-state index is 13.3. The molecule has 1 N–H and O–H groups in total. The van der Waals surface area contributed by atoms with Crippen LogP contribution in [0.3, 0.4) is 0 Å². The molecule has 2 aromatic heterocycles. The van der Waals surface area contributed by atoms with Crippen molar-refractivity contribution in [3.63, 3.8) is 0 Å². The van der Waals surface area contributed by atoms with E-state index >= 15 is 0 Å². The zero-order chi connectivity index (χ0) is 27.0. The summed E-state index contributed by atoms with van der Waals surface area (Å²) < 4.78 is 75.8. The molecule has 1 aliphatic heterocycles. The molecule has 5 rings (SSSR count). The summed E-state index contributed by atoms with van der Waals surface area (Å²) in [6.45, 7) is 0.880. The predicted octanol–water partition coefficient (Wildman–Crippen LogP) is 5.23. The summed E-state index contributed by atoms with van der Waals surface area (Å²) in [6.07, 6.45) is 0.141. The van der Waals surface area contributed by atoms with Crippen molar-refractivity contribution in [2.24, 2.45) is 0 Å². The van der Waals surface area contributed by atoms with Gasteiger partial charge in [0.15, 0.2) is 15.4 Å². The van der Waals surface area contributed by atoms with Gasteiger partial charge in [0.25, 0.3) is 0 Å². The van der Waals surface area contributed by atoms with Crippen molar-refractivity contribution in [2.45, 2.75) is 53.6 Å². The third-order valence-corrected chi connectivity index (χ3v) is 9.64. The Bertz CT molecular complexity index is 1360. The molecule has 1 saturated heterocycles. The lowest BCUT2D eigenvalue weighted by Gasteiger charge is -2.39. The zero-order valence-electron chi connectivity index (χ0n) is 20.7. The van der Waals surface area contributed by atoms with Crippen LogP contribution in [0.5, 0.6) is 0 Å². The van der Waals surface area contributed by atoms with Crippen LogP contribution in [0.15, 0.2) is 65.8 Å². The maximum Gasteiger partial charge on any atom is 0.417 e. The molecule has 0 radical (unpaired) electrons. The Labute approximate surface area is 219 Å².